The third kappa shape index (κ3) is 9.20. The van der Waals surface area contributed by atoms with E-state index in [4.69, 9.17) is 9.47 Å². The van der Waals surface area contributed by atoms with Crippen molar-refractivity contribution in [3.63, 3.8) is 0 Å². The lowest BCUT2D eigenvalue weighted by Crippen LogP contribution is -2.39. The molecule has 3 rings (SSSR count). The van der Waals surface area contributed by atoms with Gasteiger partial charge in [-0.2, -0.15) is 0 Å². The number of hydrogen-bond acceptors (Lipinski definition) is 5. The Bertz CT molecular complexity index is 841. The van der Waals surface area contributed by atoms with E-state index < -0.39 is 6.10 Å². The van der Waals surface area contributed by atoms with Crippen LogP contribution in [0.1, 0.15) is 50.8 Å². The van der Waals surface area contributed by atoms with Crippen LogP contribution in [0, 0.1) is 5.92 Å². The van der Waals surface area contributed by atoms with Crippen molar-refractivity contribution >= 4 is 29.9 Å². The van der Waals surface area contributed by atoms with Crippen molar-refractivity contribution in [1.29, 1.82) is 0 Å². The maximum Gasteiger partial charge on any atom is 0.213 e. The predicted molar refractivity (Wildman–Crippen MR) is 138 cm³/mol. The molecule has 3 N–H and O–H groups in total. The Morgan fingerprint density at radius 2 is 1.94 bits per heavy atom. The van der Waals surface area contributed by atoms with E-state index >= 15 is 0 Å². The van der Waals surface area contributed by atoms with Gasteiger partial charge in [-0.3, -0.25) is 0 Å². The maximum atomic E-state index is 10.5. The van der Waals surface area contributed by atoms with Crippen LogP contribution in [0.15, 0.2) is 47.6 Å². The fourth-order valence-corrected chi connectivity index (χ4v) is 2.98. The standard InChI is InChI=1S/C24H34N4O3.HI/c1-4-25-24(27-14-19-11-12-26-23(13-19)30-16-18-5-6-18)28-15-22(29)20-7-9-21(10-8-20)31-17(2)3;/h7-13,17-18,22,29H,4-6,14-16H2,1-3H3,(H2,25,27,28);1H. The highest BCUT2D eigenvalue weighted by atomic mass is 127. The van der Waals surface area contributed by atoms with Gasteiger partial charge in [-0.15, -0.1) is 24.0 Å². The quantitative estimate of drug-likeness (QED) is 0.221. The monoisotopic (exact) mass is 554 g/mol. The molecule has 2 aromatic rings. The predicted octanol–water partition coefficient (Wildman–Crippen LogP) is 4.06. The van der Waals surface area contributed by atoms with Crippen molar-refractivity contribution in [3.8, 4) is 11.6 Å². The second-order valence-corrected chi connectivity index (χ2v) is 8.08. The van der Waals surface area contributed by atoms with E-state index in [1.165, 1.54) is 12.8 Å². The molecule has 176 valence electrons. The minimum absolute atomic E-state index is 0. The fraction of sp³-hybridized carbons (Fsp3) is 0.500. The molecule has 1 saturated carbocycles. The minimum Gasteiger partial charge on any atom is -0.491 e. The first-order chi connectivity index (χ1) is 15.0. The lowest BCUT2D eigenvalue weighted by molar-refractivity contribution is 0.180. The van der Waals surface area contributed by atoms with Gasteiger partial charge in [-0.25, -0.2) is 9.98 Å². The Balaban J connectivity index is 0.00000363. The maximum absolute atomic E-state index is 10.5. The van der Waals surface area contributed by atoms with Crippen LogP contribution in [-0.4, -0.2) is 41.9 Å². The molecule has 1 fully saturated rings. The summed E-state index contributed by atoms with van der Waals surface area (Å²) in [4.78, 5) is 8.90. The Labute approximate surface area is 208 Å². The highest BCUT2D eigenvalue weighted by Crippen LogP contribution is 2.29. The average molecular weight is 554 g/mol. The number of rotatable bonds is 11. The summed E-state index contributed by atoms with van der Waals surface area (Å²) in [6.07, 6.45) is 3.73. The Morgan fingerprint density at radius 1 is 1.19 bits per heavy atom. The molecule has 1 aliphatic carbocycles. The second kappa shape index (κ2) is 13.5. The summed E-state index contributed by atoms with van der Waals surface area (Å²) in [5.41, 5.74) is 1.85. The molecule has 1 heterocycles. The topological polar surface area (TPSA) is 88.0 Å². The molecule has 1 aliphatic rings. The largest absolute Gasteiger partial charge is 0.491 e. The molecule has 0 radical (unpaired) electrons. The number of aromatic nitrogens is 1. The molecule has 0 spiro atoms. The summed E-state index contributed by atoms with van der Waals surface area (Å²) in [6.45, 7) is 8.31. The van der Waals surface area contributed by atoms with E-state index in [-0.39, 0.29) is 30.1 Å². The summed E-state index contributed by atoms with van der Waals surface area (Å²) in [5.74, 6) is 2.79. The summed E-state index contributed by atoms with van der Waals surface area (Å²) in [7, 11) is 0. The third-order valence-electron chi connectivity index (χ3n) is 4.83. The van der Waals surface area contributed by atoms with Crippen molar-refractivity contribution in [2.75, 3.05) is 19.7 Å². The van der Waals surface area contributed by atoms with Crippen molar-refractivity contribution in [2.24, 2.45) is 10.9 Å². The Morgan fingerprint density at radius 3 is 2.59 bits per heavy atom. The van der Waals surface area contributed by atoms with E-state index in [9.17, 15) is 5.11 Å². The first-order valence-corrected chi connectivity index (χ1v) is 11.1. The summed E-state index contributed by atoms with van der Waals surface area (Å²) < 4.78 is 11.4. The number of guanidine groups is 1. The van der Waals surface area contributed by atoms with E-state index in [0.29, 0.717) is 30.8 Å². The number of halogens is 1. The molecule has 32 heavy (non-hydrogen) atoms. The first kappa shape index (κ1) is 26.2. The van der Waals surface area contributed by atoms with Crippen LogP contribution in [0.2, 0.25) is 0 Å². The van der Waals surface area contributed by atoms with Gasteiger partial charge in [0.2, 0.25) is 5.88 Å². The number of benzene rings is 1. The molecule has 1 aromatic carbocycles. The second-order valence-electron chi connectivity index (χ2n) is 8.08. The number of nitrogens with zero attached hydrogens (tertiary/aromatic N) is 2. The number of aliphatic hydroxyl groups is 1. The lowest BCUT2D eigenvalue weighted by Gasteiger charge is -2.16. The van der Waals surface area contributed by atoms with Gasteiger partial charge in [-0.05, 0) is 68.9 Å². The number of aliphatic imine (C=N–C) groups is 1. The Hall–Kier alpha value is -2.07. The van der Waals surface area contributed by atoms with Crippen LogP contribution in [-0.2, 0) is 6.54 Å². The van der Waals surface area contributed by atoms with Crippen LogP contribution in [0.4, 0.5) is 0 Å². The van der Waals surface area contributed by atoms with Crippen molar-refractivity contribution in [2.45, 2.75) is 52.4 Å². The van der Waals surface area contributed by atoms with Crippen LogP contribution in [0.25, 0.3) is 0 Å². The first-order valence-electron chi connectivity index (χ1n) is 11.1. The van der Waals surface area contributed by atoms with Crippen molar-refractivity contribution in [3.05, 3.63) is 53.7 Å². The van der Waals surface area contributed by atoms with Gasteiger partial charge in [-0.1, -0.05) is 12.1 Å². The van der Waals surface area contributed by atoms with E-state index in [0.717, 1.165) is 30.0 Å². The van der Waals surface area contributed by atoms with Gasteiger partial charge in [0.25, 0.3) is 0 Å². The van der Waals surface area contributed by atoms with Crippen molar-refractivity contribution in [1.82, 2.24) is 15.6 Å². The van der Waals surface area contributed by atoms with Gasteiger partial charge in [0.1, 0.15) is 5.75 Å². The molecule has 0 saturated heterocycles. The lowest BCUT2D eigenvalue weighted by atomic mass is 10.1. The van der Waals surface area contributed by atoms with Crippen LogP contribution in [0.5, 0.6) is 11.6 Å². The van der Waals surface area contributed by atoms with E-state index in [2.05, 4.69) is 20.6 Å². The molecule has 8 heteroatoms. The summed E-state index contributed by atoms with van der Waals surface area (Å²) >= 11 is 0. The molecule has 0 amide bonds. The molecule has 0 aliphatic heterocycles. The van der Waals surface area contributed by atoms with E-state index in [1.807, 2.05) is 57.2 Å². The Kier molecular flexibility index (Phi) is 11.0. The van der Waals surface area contributed by atoms with Gasteiger partial charge in [0, 0.05) is 25.4 Å². The zero-order valence-electron chi connectivity index (χ0n) is 19.1. The SMILES string of the molecule is CCNC(=NCc1ccnc(OCC2CC2)c1)NCC(O)c1ccc(OC(C)C)cc1.I. The van der Waals surface area contributed by atoms with Gasteiger partial charge in [0.05, 0.1) is 25.4 Å². The zero-order chi connectivity index (χ0) is 22.1. The number of nitrogens with one attached hydrogen (secondary N) is 2. The van der Waals surface area contributed by atoms with Crippen LogP contribution in [0.3, 0.4) is 0 Å². The molecule has 7 nitrogen and oxygen atoms in total. The highest BCUT2D eigenvalue weighted by Gasteiger charge is 2.22. The average Bonchev–Trinajstić information content (AvgIpc) is 3.59. The fourth-order valence-electron chi connectivity index (χ4n) is 2.98. The molecular formula is C24H35IN4O3. The minimum atomic E-state index is -0.652. The molecule has 0 bridgehead atoms. The van der Waals surface area contributed by atoms with Gasteiger partial charge >= 0.3 is 0 Å². The number of pyridine rings is 1. The summed E-state index contributed by atoms with van der Waals surface area (Å²) in [5, 5.41) is 17.0. The van der Waals surface area contributed by atoms with Crippen LogP contribution >= 0.6 is 24.0 Å². The normalized spacial score (nSPS) is 14.5. The van der Waals surface area contributed by atoms with Gasteiger partial charge in [0.15, 0.2) is 5.96 Å². The van der Waals surface area contributed by atoms with Crippen LogP contribution < -0.4 is 20.1 Å². The molecule has 1 aromatic heterocycles. The van der Waals surface area contributed by atoms with Crippen molar-refractivity contribution < 1.29 is 14.6 Å². The molecule has 1 atom stereocenters. The molecular weight excluding hydrogens is 519 g/mol. The molecule has 1 unspecified atom stereocenters. The van der Waals surface area contributed by atoms with E-state index in [1.54, 1.807) is 6.20 Å². The number of aliphatic hydroxyl groups excluding tert-OH is 1. The smallest absolute Gasteiger partial charge is 0.213 e. The summed E-state index contributed by atoms with van der Waals surface area (Å²) in [6, 6.07) is 11.4. The number of ether oxygens (including phenoxy) is 2. The zero-order valence-corrected chi connectivity index (χ0v) is 21.4. The van der Waals surface area contributed by atoms with Gasteiger partial charge < -0.3 is 25.2 Å². The number of hydrogen-bond donors (Lipinski definition) is 3. The third-order valence-corrected chi connectivity index (χ3v) is 4.83. The highest BCUT2D eigenvalue weighted by molar-refractivity contribution is 14.0.